The molecule has 1 atom stereocenters. The van der Waals surface area contributed by atoms with Gasteiger partial charge in [-0.3, -0.25) is 0 Å². The monoisotopic (exact) mass is 299 g/mol. The van der Waals surface area contributed by atoms with E-state index in [9.17, 15) is 8.42 Å². The van der Waals surface area contributed by atoms with Crippen LogP contribution in [0.5, 0.6) is 0 Å². The maximum atomic E-state index is 11.5. The SMILES string of the molecule is C[C@@H](N)c1c(Cl)cccc1-n1cc(S(C)(=O)=O)cn1. The quantitative estimate of drug-likeness (QED) is 0.939. The molecule has 19 heavy (non-hydrogen) atoms. The summed E-state index contributed by atoms with van der Waals surface area (Å²) >= 11 is 6.13. The number of hydrogen-bond donors (Lipinski definition) is 1. The lowest BCUT2D eigenvalue weighted by Crippen LogP contribution is -2.11. The maximum Gasteiger partial charge on any atom is 0.178 e. The average molecular weight is 300 g/mol. The number of benzene rings is 1. The largest absolute Gasteiger partial charge is 0.324 e. The first kappa shape index (κ1) is 14.0. The molecule has 0 unspecified atom stereocenters. The Kier molecular flexibility index (Phi) is 3.66. The third-order valence-corrected chi connectivity index (χ3v) is 4.12. The Labute approximate surface area is 116 Å². The van der Waals surface area contributed by atoms with Crippen molar-refractivity contribution in [1.82, 2.24) is 9.78 Å². The molecular weight excluding hydrogens is 286 g/mol. The van der Waals surface area contributed by atoms with Gasteiger partial charge in [0.1, 0.15) is 4.90 Å². The topological polar surface area (TPSA) is 78.0 Å². The first-order chi connectivity index (χ1) is 8.80. The van der Waals surface area contributed by atoms with Gasteiger partial charge in [-0.1, -0.05) is 17.7 Å². The molecule has 0 bridgehead atoms. The van der Waals surface area contributed by atoms with E-state index in [1.54, 1.807) is 18.2 Å². The van der Waals surface area contributed by atoms with Crippen LogP contribution in [0.2, 0.25) is 5.02 Å². The van der Waals surface area contributed by atoms with Gasteiger partial charge in [-0.25, -0.2) is 13.1 Å². The van der Waals surface area contributed by atoms with Gasteiger partial charge in [-0.05, 0) is 19.1 Å². The molecule has 102 valence electrons. The zero-order valence-electron chi connectivity index (χ0n) is 10.5. The van der Waals surface area contributed by atoms with E-state index < -0.39 is 9.84 Å². The molecule has 2 aromatic rings. The number of sulfone groups is 1. The normalized spacial score (nSPS) is 13.5. The van der Waals surface area contributed by atoms with Crippen LogP contribution < -0.4 is 5.73 Å². The summed E-state index contributed by atoms with van der Waals surface area (Å²) < 4.78 is 24.4. The molecule has 2 N–H and O–H groups in total. The molecule has 2 rings (SSSR count). The van der Waals surface area contributed by atoms with Crippen LogP contribution in [0.25, 0.3) is 5.69 Å². The van der Waals surface area contributed by atoms with Crippen molar-refractivity contribution in [1.29, 1.82) is 0 Å². The van der Waals surface area contributed by atoms with E-state index in [0.29, 0.717) is 10.7 Å². The molecule has 0 fully saturated rings. The molecule has 0 saturated heterocycles. The van der Waals surface area contributed by atoms with Gasteiger partial charge in [-0.2, -0.15) is 5.10 Å². The minimum atomic E-state index is -3.28. The zero-order valence-corrected chi connectivity index (χ0v) is 12.1. The van der Waals surface area contributed by atoms with Crippen LogP contribution in [0.4, 0.5) is 0 Å². The third kappa shape index (κ3) is 2.80. The van der Waals surface area contributed by atoms with Crippen LogP contribution >= 0.6 is 11.6 Å². The van der Waals surface area contributed by atoms with Gasteiger partial charge in [0.25, 0.3) is 0 Å². The highest BCUT2D eigenvalue weighted by atomic mass is 35.5. The van der Waals surface area contributed by atoms with E-state index in [-0.39, 0.29) is 10.9 Å². The molecule has 1 heterocycles. The number of halogens is 1. The minimum absolute atomic E-state index is 0.156. The Morgan fingerprint density at radius 2 is 2.11 bits per heavy atom. The number of nitrogens with two attached hydrogens (primary N) is 1. The summed E-state index contributed by atoms with van der Waals surface area (Å²) in [6.07, 6.45) is 3.90. The van der Waals surface area contributed by atoms with Crippen molar-refractivity contribution in [3.05, 3.63) is 41.2 Å². The Bertz CT molecular complexity index is 708. The van der Waals surface area contributed by atoms with Gasteiger partial charge in [0.2, 0.25) is 0 Å². The second kappa shape index (κ2) is 4.96. The summed E-state index contributed by atoms with van der Waals surface area (Å²) in [5.41, 5.74) is 7.31. The summed E-state index contributed by atoms with van der Waals surface area (Å²) in [5.74, 6) is 0. The molecule has 0 radical (unpaired) electrons. The average Bonchev–Trinajstić information content (AvgIpc) is 2.76. The van der Waals surface area contributed by atoms with Gasteiger partial charge in [-0.15, -0.1) is 0 Å². The summed E-state index contributed by atoms with van der Waals surface area (Å²) in [4.78, 5) is 0.156. The van der Waals surface area contributed by atoms with E-state index in [2.05, 4.69) is 5.10 Å². The summed E-state index contributed by atoms with van der Waals surface area (Å²) in [7, 11) is -3.28. The second-order valence-corrected chi connectivity index (χ2v) is 6.78. The van der Waals surface area contributed by atoms with E-state index in [1.165, 1.54) is 17.1 Å². The number of aromatic nitrogens is 2. The van der Waals surface area contributed by atoms with Gasteiger partial charge in [0, 0.05) is 29.1 Å². The number of hydrogen-bond acceptors (Lipinski definition) is 4. The molecule has 7 heteroatoms. The van der Waals surface area contributed by atoms with E-state index in [4.69, 9.17) is 17.3 Å². The van der Waals surface area contributed by atoms with Gasteiger partial charge in [0.05, 0.1) is 11.9 Å². The summed E-state index contributed by atoms with van der Waals surface area (Å²) in [6, 6.07) is 5.02. The zero-order chi connectivity index (χ0) is 14.2. The Balaban J connectivity index is 2.60. The highest BCUT2D eigenvalue weighted by molar-refractivity contribution is 7.90. The fourth-order valence-electron chi connectivity index (χ4n) is 1.81. The van der Waals surface area contributed by atoms with E-state index in [0.717, 1.165) is 11.8 Å². The van der Waals surface area contributed by atoms with Gasteiger partial charge in [0.15, 0.2) is 9.84 Å². The molecule has 1 aromatic heterocycles. The summed E-state index contributed by atoms with van der Waals surface area (Å²) in [6.45, 7) is 1.81. The van der Waals surface area contributed by atoms with Crippen LogP contribution in [0.3, 0.4) is 0 Å². The van der Waals surface area contributed by atoms with Crippen molar-refractivity contribution < 1.29 is 8.42 Å². The highest BCUT2D eigenvalue weighted by Crippen LogP contribution is 2.28. The predicted octanol–water partition coefficient (Wildman–Crippen LogP) is 1.95. The highest BCUT2D eigenvalue weighted by Gasteiger charge is 2.16. The van der Waals surface area contributed by atoms with E-state index >= 15 is 0 Å². The van der Waals surface area contributed by atoms with Crippen molar-refractivity contribution in [2.24, 2.45) is 5.73 Å². The van der Waals surface area contributed by atoms with Crippen LogP contribution in [-0.4, -0.2) is 24.5 Å². The fraction of sp³-hybridized carbons (Fsp3) is 0.250. The lowest BCUT2D eigenvalue weighted by Gasteiger charge is -2.14. The predicted molar refractivity (Wildman–Crippen MR) is 74.3 cm³/mol. The Morgan fingerprint density at radius 3 is 2.63 bits per heavy atom. The first-order valence-electron chi connectivity index (χ1n) is 5.60. The lowest BCUT2D eigenvalue weighted by molar-refractivity contribution is 0.602. The van der Waals surface area contributed by atoms with Crippen molar-refractivity contribution in [2.75, 3.05) is 6.26 Å². The molecule has 0 spiro atoms. The molecule has 0 amide bonds. The molecule has 5 nitrogen and oxygen atoms in total. The Morgan fingerprint density at radius 1 is 1.42 bits per heavy atom. The van der Waals surface area contributed by atoms with Crippen LogP contribution in [0, 0.1) is 0 Å². The van der Waals surface area contributed by atoms with Crippen LogP contribution in [-0.2, 0) is 9.84 Å². The molecule has 0 aliphatic rings. The lowest BCUT2D eigenvalue weighted by atomic mass is 10.1. The van der Waals surface area contributed by atoms with Crippen LogP contribution in [0.15, 0.2) is 35.5 Å². The van der Waals surface area contributed by atoms with Gasteiger partial charge >= 0.3 is 0 Å². The Hall–Kier alpha value is -1.37. The third-order valence-electron chi connectivity index (χ3n) is 2.72. The van der Waals surface area contributed by atoms with Crippen molar-refractivity contribution in [2.45, 2.75) is 17.9 Å². The van der Waals surface area contributed by atoms with Crippen molar-refractivity contribution in [3.63, 3.8) is 0 Å². The van der Waals surface area contributed by atoms with E-state index in [1.807, 2.05) is 6.92 Å². The molecule has 0 saturated carbocycles. The standard InChI is InChI=1S/C12H14ClN3O2S/c1-8(14)12-10(13)4-3-5-11(12)16-7-9(6-15-16)19(2,17)18/h3-8H,14H2,1-2H3/t8-/m1/s1. The van der Waals surface area contributed by atoms with Crippen molar-refractivity contribution in [3.8, 4) is 5.69 Å². The molecule has 1 aromatic carbocycles. The molecular formula is C12H14ClN3O2S. The van der Waals surface area contributed by atoms with Gasteiger partial charge < -0.3 is 5.73 Å². The smallest absolute Gasteiger partial charge is 0.178 e. The summed E-state index contributed by atoms with van der Waals surface area (Å²) in [5, 5.41) is 4.59. The van der Waals surface area contributed by atoms with Crippen molar-refractivity contribution >= 4 is 21.4 Å². The minimum Gasteiger partial charge on any atom is -0.324 e. The fourth-order valence-corrected chi connectivity index (χ4v) is 2.68. The number of rotatable bonds is 3. The number of nitrogens with zero attached hydrogens (tertiary/aromatic N) is 2. The van der Waals surface area contributed by atoms with Crippen LogP contribution in [0.1, 0.15) is 18.5 Å². The molecule has 0 aliphatic heterocycles. The second-order valence-electron chi connectivity index (χ2n) is 4.35. The maximum absolute atomic E-state index is 11.5. The first-order valence-corrected chi connectivity index (χ1v) is 7.86. The molecule has 0 aliphatic carbocycles.